The third-order valence-corrected chi connectivity index (χ3v) is 5.99. The Morgan fingerprint density at radius 2 is 1.62 bits per heavy atom. The highest BCUT2D eigenvalue weighted by Gasteiger charge is 2.22. The summed E-state index contributed by atoms with van der Waals surface area (Å²) in [6.45, 7) is 2.22. The molecule has 0 radical (unpaired) electrons. The number of hydrogen-bond acceptors (Lipinski definition) is 4. The third-order valence-electron chi connectivity index (χ3n) is 4.85. The second-order valence-corrected chi connectivity index (χ2v) is 8.44. The molecule has 0 bridgehead atoms. The number of carbonyl (C=O) groups is 2. The Labute approximate surface area is 182 Å². The molecule has 1 aromatic carbocycles. The van der Waals surface area contributed by atoms with Crippen LogP contribution in [-0.2, 0) is 9.53 Å². The van der Waals surface area contributed by atoms with E-state index < -0.39 is 5.97 Å². The molecule has 0 aliphatic rings. The highest BCUT2D eigenvalue weighted by atomic mass is 35.5. The minimum atomic E-state index is -0.460. The van der Waals surface area contributed by atoms with Crippen LogP contribution >= 0.6 is 22.9 Å². The van der Waals surface area contributed by atoms with E-state index >= 15 is 0 Å². The van der Waals surface area contributed by atoms with Crippen molar-refractivity contribution in [2.75, 3.05) is 12.4 Å². The largest absolute Gasteiger partial charge is 0.465 e. The van der Waals surface area contributed by atoms with Gasteiger partial charge in [0, 0.05) is 22.4 Å². The van der Waals surface area contributed by atoms with Crippen molar-refractivity contribution in [2.24, 2.45) is 0 Å². The number of unbranched alkanes of at least 4 members (excludes halogenated alkanes) is 7. The van der Waals surface area contributed by atoms with Crippen LogP contribution in [0.2, 0.25) is 5.02 Å². The van der Waals surface area contributed by atoms with Gasteiger partial charge in [-0.05, 0) is 24.1 Å². The first kappa shape index (κ1) is 23.4. The van der Waals surface area contributed by atoms with Crippen molar-refractivity contribution in [3.05, 3.63) is 40.2 Å². The first-order valence-corrected chi connectivity index (χ1v) is 11.6. The monoisotopic (exact) mass is 435 g/mol. The summed E-state index contributed by atoms with van der Waals surface area (Å²) in [6.07, 6.45) is 9.95. The lowest BCUT2D eigenvalue weighted by Gasteiger charge is -2.08. The predicted octanol–water partition coefficient (Wildman–Crippen LogP) is 7.32. The second-order valence-electron chi connectivity index (χ2n) is 7.13. The molecule has 0 saturated carbocycles. The van der Waals surface area contributed by atoms with Crippen LogP contribution in [0.4, 0.5) is 5.00 Å². The summed E-state index contributed by atoms with van der Waals surface area (Å²) in [6, 6.07) is 7.25. The minimum absolute atomic E-state index is 0.0642. The van der Waals surface area contributed by atoms with Crippen molar-refractivity contribution in [3.8, 4) is 11.1 Å². The normalized spacial score (nSPS) is 10.7. The van der Waals surface area contributed by atoms with E-state index in [1.165, 1.54) is 57.0 Å². The number of methoxy groups -OCH3 is 1. The third kappa shape index (κ3) is 7.48. The number of thiophene rings is 1. The summed E-state index contributed by atoms with van der Waals surface area (Å²) in [7, 11) is 1.34. The Hall–Kier alpha value is -1.85. The first-order chi connectivity index (χ1) is 14.1. The maximum atomic E-state index is 12.4. The average molecular weight is 436 g/mol. The van der Waals surface area contributed by atoms with Gasteiger partial charge in [-0.2, -0.15) is 0 Å². The highest BCUT2D eigenvalue weighted by Crippen LogP contribution is 2.36. The molecule has 0 unspecified atom stereocenters. The van der Waals surface area contributed by atoms with Gasteiger partial charge in [-0.1, -0.05) is 75.6 Å². The van der Waals surface area contributed by atoms with Gasteiger partial charge in [0.1, 0.15) is 10.6 Å². The fourth-order valence-corrected chi connectivity index (χ4v) is 4.30. The number of ether oxygens (including phenoxy) is 1. The van der Waals surface area contributed by atoms with Crippen molar-refractivity contribution in [3.63, 3.8) is 0 Å². The van der Waals surface area contributed by atoms with Crippen LogP contribution in [0, 0.1) is 0 Å². The van der Waals surface area contributed by atoms with E-state index in [0.29, 0.717) is 22.0 Å². The molecule has 1 aromatic heterocycles. The molecule has 158 valence electrons. The van der Waals surface area contributed by atoms with E-state index in [4.69, 9.17) is 16.3 Å². The van der Waals surface area contributed by atoms with E-state index in [9.17, 15) is 9.59 Å². The molecule has 29 heavy (non-hydrogen) atoms. The van der Waals surface area contributed by atoms with E-state index in [1.54, 1.807) is 12.1 Å². The van der Waals surface area contributed by atoms with Crippen LogP contribution in [-0.4, -0.2) is 19.0 Å². The van der Waals surface area contributed by atoms with Crippen molar-refractivity contribution >= 4 is 39.8 Å². The average Bonchev–Trinajstić information content (AvgIpc) is 3.13. The Morgan fingerprint density at radius 3 is 2.24 bits per heavy atom. The number of hydrogen-bond donors (Lipinski definition) is 1. The van der Waals surface area contributed by atoms with Crippen LogP contribution < -0.4 is 5.32 Å². The van der Waals surface area contributed by atoms with Crippen LogP contribution in [0.5, 0.6) is 0 Å². The molecule has 0 spiro atoms. The molecule has 0 atom stereocenters. The number of carbonyl (C=O) groups excluding carboxylic acids is 2. The molecule has 2 rings (SSSR count). The summed E-state index contributed by atoms with van der Waals surface area (Å²) in [5, 5.41) is 5.92. The fourth-order valence-electron chi connectivity index (χ4n) is 3.21. The fraction of sp³-hybridized carbons (Fsp3) is 0.478. The van der Waals surface area contributed by atoms with Crippen LogP contribution in [0.1, 0.15) is 75.1 Å². The number of anilines is 1. The quantitative estimate of drug-likeness (QED) is 0.280. The number of amides is 1. The SMILES string of the molecule is CCCCCCCCCCC(=O)Nc1scc(-c2ccc(Cl)cc2)c1C(=O)OC. The van der Waals surface area contributed by atoms with Crippen molar-refractivity contribution in [1.29, 1.82) is 0 Å². The molecule has 0 aliphatic heterocycles. The summed E-state index contributed by atoms with van der Waals surface area (Å²) in [5.41, 5.74) is 1.99. The van der Waals surface area contributed by atoms with Gasteiger partial charge in [-0.3, -0.25) is 4.79 Å². The number of nitrogens with one attached hydrogen (secondary N) is 1. The summed E-state index contributed by atoms with van der Waals surface area (Å²) >= 11 is 7.30. The van der Waals surface area contributed by atoms with Gasteiger partial charge in [0.25, 0.3) is 0 Å². The molecule has 1 heterocycles. The molecule has 2 aromatic rings. The van der Waals surface area contributed by atoms with Crippen molar-refractivity contribution in [1.82, 2.24) is 0 Å². The zero-order valence-electron chi connectivity index (χ0n) is 17.3. The Kier molecular flexibility index (Phi) is 10.2. The van der Waals surface area contributed by atoms with E-state index in [0.717, 1.165) is 24.0 Å². The topological polar surface area (TPSA) is 55.4 Å². The standard InChI is InChI=1S/C23H30ClNO3S/c1-3-4-5-6-7-8-9-10-11-20(26)25-22-21(23(27)28-2)19(16-29-22)17-12-14-18(24)15-13-17/h12-16H,3-11H2,1-2H3,(H,25,26). The predicted molar refractivity (Wildman–Crippen MR) is 122 cm³/mol. The molecule has 6 heteroatoms. The molecular weight excluding hydrogens is 406 g/mol. The van der Waals surface area contributed by atoms with Gasteiger partial charge in [0.2, 0.25) is 5.91 Å². The maximum absolute atomic E-state index is 12.4. The van der Waals surface area contributed by atoms with Crippen LogP contribution in [0.3, 0.4) is 0 Å². The van der Waals surface area contributed by atoms with Gasteiger partial charge >= 0.3 is 5.97 Å². The van der Waals surface area contributed by atoms with Gasteiger partial charge in [-0.15, -0.1) is 11.3 Å². The van der Waals surface area contributed by atoms with Gasteiger partial charge < -0.3 is 10.1 Å². The maximum Gasteiger partial charge on any atom is 0.341 e. The Bertz CT molecular complexity index is 786. The molecule has 0 aliphatic carbocycles. The Morgan fingerprint density at radius 1 is 1.00 bits per heavy atom. The summed E-state index contributed by atoms with van der Waals surface area (Å²) < 4.78 is 4.95. The zero-order valence-corrected chi connectivity index (χ0v) is 18.8. The van der Waals surface area contributed by atoms with Gasteiger partial charge in [0.05, 0.1) is 7.11 Å². The van der Waals surface area contributed by atoms with Crippen molar-refractivity contribution in [2.45, 2.75) is 64.7 Å². The molecule has 4 nitrogen and oxygen atoms in total. The van der Waals surface area contributed by atoms with Gasteiger partial charge in [0.15, 0.2) is 0 Å². The zero-order chi connectivity index (χ0) is 21.1. The first-order valence-electron chi connectivity index (χ1n) is 10.3. The minimum Gasteiger partial charge on any atom is -0.465 e. The molecule has 0 saturated heterocycles. The van der Waals surface area contributed by atoms with Crippen LogP contribution in [0.15, 0.2) is 29.6 Å². The smallest absolute Gasteiger partial charge is 0.341 e. The second kappa shape index (κ2) is 12.7. The highest BCUT2D eigenvalue weighted by molar-refractivity contribution is 7.15. The van der Waals surface area contributed by atoms with Crippen LogP contribution in [0.25, 0.3) is 11.1 Å². The van der Waals surface area contributed by atoms with E-state index in [2.05, 4.69) is 12.2 Å². The lowest BCUT2D eigenvalue weighted by Crippen LogP contribution is -2.13. The lowest BCUT2D eigenvalue weighted by atomic mass is 10.0. The number of benzene rings is 1. The number of esters is 1. The summed E-state index contributed by atoms with van der Waals surface area (Å²) in [5.74, 6) is -0.524. The van der Waals surface area contributed by atoms with E-state index in [1.807, 2.05) is 17.5 Å². The Balaban J connectivity index is 1.92. The lowest BCUT2D eigenvalue weighted by molar-refractivity contribution is -0.116. The number of halogens is 1. The molecule has 0 fully saturated rings. The number of rotatable bonds is 12. The van der Waals surface area contributed by atoms with E-state index in [-0.39, 0.29) is 5.91 Å². The molecule has 1 N–H and O–H groups in total. The molecule has 1 amide bonds. The van der Waals surface area contributed by atoms with Gasteiger partial charge in [-0.25, -0.2) is 4.79 Å². The summed E-state index contributed by atoms with van der Waals surface area (Å²) in [4.78, 5) is 24.7. The molecular formula is C23H30ClNO3S. The van der Waals surface area contributed by atoms with Crippen molar-refractivity contribution < 1.29 is 14.3 Å².